The monoisotopic (exact) mass is 426 g/mol. The molecular formula is C23H26N2O4S. The molecule has 2 aliphatic rings. The fourth-order valence-corrected chi connectivity index (χ4v) is 5.80. The quantitative estimate of drug-likeness (QED) is 0.688. The van der Waals surface area contributed by atoms with Gasteiger partial charge in [0.05, 0.1) is 4.90 Å². The first-order valence-corrected chi connectivity index (χ1v) is 11.9. The number of hydrogen-bond donors (Lipinski definition) is 0. The average Bonchev–Trinajstić information content (AvgIpc) is 3.35. The van der Waals surface area contributed by atoms with Crippen LogP contribution in [0.25, 0.3) is 0 Å². The zero-order valence-electron chi connectivity index (χ0n) is 16.9. The van der Waals surface area contributed by atoms with Gasteiger partial charge in [-0.2, -0.15) is 4.31 Å². The number of benzene rings is 2. The molecule has 0 spiro atoms. The Morgan fingerprint density at radius 3 is 2.10 bits per heavy atom. The van der Waals surface area contributed by atoms with Crippen molar-refractivity contribution in [3.63, 3.8) is 0 Å². The van der Waals surface area contributed by atoms with Gasteiger partial charge in [0, 0.05) is 43.2 Å². The van der Waals surface area contributed by atoms with Crippen LogP contribution in [-0.4, -0.2) is 55.5 Å². The maximum Gasteiger partial charge on any atom is 0.253 e. The van der Waals surface area contributed by atoms with Crippen molar-refractivity contribution in [3.8, 4) is 0 Å². The van der Waals surface area contributed by atoms with Crippen molar-refractivity contribution in [2.24, 2.45) is 5.92 Å². The van der Waals surface area contributed by atoms with E-state index >= 15 is 0 Å². The van der Waals surface area contributed by atoms with Crippen molar-refractivity contribution >= 4 is 21.7 Å². The van der Waals surface area contributed by atoms with Crippen LogP contribution in [0.1, 0.15) is 46.4 Å². The summed E-state index contributed by atoms with van der Waals surface area (Å²) in [7, 11) is -3.56. The minimum Gasteiger partial charge on any atom is -0.339 e. The third-order valence-electron chi connectivity index (χ3n) is 6.00. The summed E-state index contributed by atoms with van der Waals surface area (Å²) in [5.74, 6) is -0.140. The van der Waals surface area contributed by atoms with E-state index in [0.29, 0.717) is 50.1 Å². The maximum absolute atomic E-state index is 13.0. The first-order chi connectivity index (χ1) is 14.5. The van der Waals surface area contributed by atoms with Crippen molar-refractivity contribution < 1.29 is 18.0 Å². The SMILES string of the molecule is O=C(c1ccccc1)C1CCN(C(=O)c2cccc(S(=O)(=O)N3CCCC3)c2)CC1. The van der Waals surface area contributed by atoms with Crippen LogP contribution >= 0.6 is 0 Å². The van der Waals surface area contributed by atoms with E-state index in [1.54, 1.807) is 23.1 Å². The summed E-state index contributed by atoms with van der Waals surface area (Å²) in [5, 5.41) is 0. The lowest BCUT2D eigenvalue weighted by atomic mass is 9.88. The average molecular weight is 427 g/mol. The van der Waals surface area contributed by atoms with Crippen LogP contribution in [0.2, 0.25) is 0 Å². The number of rotatable bonds is 5. The molecule has 2 aromatic rings. The van der Waals surface area contributed by atoms with E-state index in [1.165, 1.54) is 10.4 Å². The Morgan fingerprint density at radius 2 is 1.43 bits per heavy atom. The van der Waals surface area contributed by atoms with E-state index in [4.69, 9.17) is 0 Å². The highest BCUT2D eigenvalue weighted by molar-refractivity contribution is 7.89. The largest absolute Gasteiger partial charge is 0.339 e. The number of piperidine rings is 1. The number of nitrogens with zero attached hydrogens (tertiary/aromatic N) is 2. The van der Waals surface area contributed by atoms with Crippen LogP contribution in [0.3, 0.4) is 0 Å². The lowest BCUT2D eigenvalue weighted by Gasteiger charge is -2.31. The standard InChI is InChI=1S/C23H26N2O4S/c26-22(18-7-2-1-3-8-18)19-11-15-24(16-12-19)23(27)20-9-6-10-21(17-20)30(28,29)25-13-4-5-14-25/h1-3,6-10,17,19H,4-5,11-16H2. The first-order valence-electron chi connectivity index (χ1n) is 10.5. The van der Waals surface area contributed by atoms with E-state index in [0.717, 1.165) is 12.8 Å². The Balaban J connectivity index is 1.43. The minimum atomic E-state index is -3.56. The molecule has 0 unspecified atom stereocenters. The van der Waals surface area contributed by atoms with Gasteiger partial charge in [-0.25, -0.2) is 8.42 Å². The zero-order valence-corrected chi connectivity index (χ0v) is 17.7. The summed E-state index contributed by atoms with van der Waals surface area (Å²) in [6.45, 7) is 2.04. The second-order valence-electron chi connectivity index (χ2n) is 7.94. The Morgan fingerprint density at radius 1 is 0.800 bits per heavy atom. The Bertz CT molecular complexity index is 1020. The number of carbonyl (C=O) groups excluding carboxylic acids is 2. The van der Waals surface area contributed by atoms with Crippen molar-refractivity contribution in [1.82, 2.24) is 9.21 Å². The molecule has 7 heteroatoms. The smallest absolute Gasteiger partial charge is 0.253 e. The highest BCUT2D eigenvalue weighted by Gasteiger charge is 2.30. The molecule has 2 heterocycles. The fourth-order valence-electron chi connectivity index (χ4n) is 4.23. The highest BCUT2D eigenvalue weighted by Crippen LogP contribution is 2.25. The molecule has 2 aromatic carbocycles. The minimum absolute atomic E-state index is 0.0849. The Hall–Kier alpha value is -2.51. The molecule has 0 radical (unpaired) electrons. The molecule has 4 rings (SSSR count). The number of hydrogen-bond acceptors (Lipinski definition) is 4. The predicted octanol–water partition coefficient (Wildman–Crippen LogP) is 3.21. The van der Waals surface area contributed by atoms with E-state index in [2.05, 4.69) is 0 Å². The number of amides is 1. The van der Waals surface area contributed by atoms with Gasteiger partial charge in [-0.3, -0.25) is 9.59 Å². The number of likely N-dealkylation sites (tertiary alicyclic amines) is 1. The van der Waals surface area contributed by atoms with Crippen LogP contribution in [0.4, 0.5) is 0 Å². The van der Waals surface area contributed by atoms with Crippen molar-refractivity contribution in [1.29, 1.82) is 0 Å². The molecule has 0 bridgehead atoms. The van der Waals surface area contributed by atoms with E-state index in [1.807, 2.05) is 30.3 Å². The summed E-state index contributed by atoms with van der Waals surface area (Å²) in [6.07, 6.45) is 2.97. The van der Waals surface area contributed by atoms with Crippen molar-refractivity contribution in [3.05, 3.63) is 65.7 Å². The maximum atomic E-state index is 13.0. The third-order valence-corrected chi connectivity index (χ3v) is 7.89. The summed E-state index contributed by atoms with van der Waals surface area (Å²) in [5.41, 5.74) is 1.09. The van der Waals surface area contributed by atoms with Gasteiger partial charge in [-0.05, 0) is 43.9 Å². The fraction of sp³-hybridized carbons (Fsp3) is 0.391. The number of Topliss-reactive ketones (excluding diaryl/α,β-unsaturated/α-hetero) is 1. The van der Waals surface area contributed by atoms with Crippen LogP contribution < -0.4 is 0 Å². The summed E-state index contributed by atoms with van der Waals surface area (Å²) in [6, 6.07) is 15.6. The van der Waals surface area contributed by atoms with Crippen LogP contribution in [0, 0.1) is 5.92 Å². The molecule has 2 aliphatic heterocycles. The molecule has 0 aliphatic carbocycles. The van der Waals surface area contributed by atoms with Crippen molar-refractivity contribution in [2.75, 3.05) is 26.2 Å². The normalized spacial score (nSPS) is 18.5. The zero-order chi connectivity index (χ0) is 21.1. The summed E-state index contributed by atoms with van der Waals surface area (Å²) < 4.78 is 27.1. The summed E-state index contributed by atoms with van der Waals surface area (Å²) >= 11 is 0. The van der Waals surface area contributed by atoms with E-state index in [-0.39, 0.29) is 22.5 Å². The molecule has 6 nitrogen and oxygen atoms in total. The second-order valence-corrected chi connectivity index (χ2v) is 9.87. The molecule has 2 saturated heterocycles. The van der Waals surface area contributed by atoms with Gasteiger partial charge in [-0.1, -0.05) is 36.4 Å². The Kier molecular flexibility index (Phi) is 6.01. The lowest BCUT2D eigenvalue weighted by molar-refractivity contribution is 0.0650. The van der Waals surface area contributed by atoms with Gasteiger partial charge in [0.2, 0.25) is 10.0 Å². The number of ketones is 1. The highest BCUT2D eigenvalue weighted by atomic mass is 32.2. The number of sulfonamides is 1. The predicted molar refractivity (Wildman–Crippen MR) is 114 cm³/mol. The van der Waals surface area contributed by atoms with Crippen LogP contribution in [0.15, 0.2) is 59.5 Å². The van der Waals surface area contributed by atoms with Gasteiger partial charge >= 0.3 is 0 Å². The molecule has 0 saturated carbocycles. The second kappa shape index (κ2) is 8.70. The molecule has 0 aromatic heterocycles. The van der Waals surface area contributed by atoms with Gasteiger partial charge in [0.25, 0.3) is 5.91 Å². The van der Waals surface area contributed by atoms with E-state index < -0.39 is 10.0 Å². The molecule has 1 amide bonds. The van der Waals surface area contributed by atoms with Gasteiger partial charge in [-0.15, -0.1) is 0 Å². The molecule has 30 heavy (non-hydrogen) atoms. The van der Waals surface area contributed by atoms with Gasteiger partial charge in [0.15, 0.2) is 5.78 Å². The van der Waals surface area contributed by atoms with Gasteiger partial charge < -0.3 is 4.90 Å². The topological polar surface area (TPSA) is 74.8 Å². The molecular weight excluding hydrogens is 400 g/mol. The van der Waals surface area contributed by atoms with Crippen LogP contribution in [-0.2, 0) is 10.0 Å². The van der Waals surface area contributed by atoms with Crippen molar-refractivity contribution in [2.45, 2.75) is 30.6 Å². The lowest BCUT2D eigenvalue weighted by Crippen LogP contribution is -2.40. The third kappa shape index (κ3) is 4.18. The molecule has 2 fully saturated rings. The molecule has 0 N–H and O–H groups in total. The Labute approximate surface area is 177 Å². The molecule has 158 valence electrons. The summed E-state index contributed by atoms with van der Waals surface area (Å²) in [4.78, 5) is 27.5. The first kappa shape index (κ1) is 20.8. The molecule has 0 atom stereocenters. The van der Waals surface area contributed by atoms with E-state index in [9.17, 15) is 18.0 Å². The van der Waals surface area contributed by atoms with Gasteiger partial charge in [0.1, 0.15) is 0 Å². The van der Waals surface area contributed by atoms with Crippen LogP contribution in [0.5, 0.6) is 0 Å². The number of carbonyl (C=O) groups is 2.